The first-order valence-corrected chi connectivity index (χ1v) is 8.58. The van der Waals surface area contributed by atoms with Gasteiger partial charge in [-0.25, -0.2) is 9.78 Å². The van der Waals surface area contributed by atoms with Gasteiger partial charge in [0.2, 0.25) is 5.91 Å². The Bertz CT molecular complexity index is 853. The Morgan fingerprint density at radius 2 is 1.75 bits per heavy atom. The summed E-state index contributed by atoms with van der Waals surface area (Å²) in [6.07, 6.45) is -3.00. The molecule has 2 aromatic rings. The molecule has 0 spiro atoms. The number of carbonyl (C=O) groups is 2. The van der Waals surface area contributed by atoms with E-state index in [4.69, 9.17) is 0 Å². The lowest BCUT2D eigenvalue weighted by molar-refractivity contribution is -0.137. The first-order valence-electron chi connectivity index (χ1n) is 8.58. The van der Waals surface area contributed by atoms with E-state index in [-0.39, 0.29) is 17.5 Å². The van der Waals surface area contributed by atoms with Crippen molar-refractivity contribution in [3.8, 4) is 0 Å². The summed E-state index contributed by atoms with van der Waals surface area (Å²) in [5, 5.41) is 7.68. The highest BCUT2D eigenvalue weighted by atomic mass is 19.4. The Morgan fingerprint density at radius 1 is 1.04 bits per heavy atom. The van der Waals surface area contributed by atoms with Crippen LogP contribution in [0.2, 0.25) is 0 Å². The Hall–Kier alpha value is -3.10. The molecule has 0 aliphatic rings. The third kappa shape index (κ3) is 5.97. The average molecular weight is 394 g/mol. The maximum Gasteiger partial charge on any atom is 0.416 e. The van der Waals surface area contributed by atoms with Gasteiger partial charge in [-0.05, 0) is 42.8 Å². The number of hydrogen-bond acceptors (Lipinski definition) is 3. The van der Waals surface area contributed by atoms with Crippen molar-refractivity contribution in [2.75, 3.05) is 10.6 Å². The highest BCUT2D eigenvalue weighted by Crippen LogP contribution is 2.30. The van der Waals surface area contributed by atoms with Gasteiger partial charge in [0.15, 0.2) is 0 Å². The van der Waals surface area contributed by atoms with Crippen LogP contribution in [0.15, 0.2) is 42.6 Å². The van der Waals surface area contributed by atoms with Gasteiger partial charge in [-0.2, -0.15) is 13.2 Å². The van der Waals surface area contributed by atoms with E-state index in [2.05, 4.69) is 20.9 Å². The maximum absolute atomic E-state index is 12.8. The molecule has 9 heteroatoms. The fraction of sp³-hybridized carbons (Fsp3) is 0.316. The van der Waals surface area contributed by atoms with Crippen LogP contribution in [0.5, 0.6) is 0 Å². The van der Waals surface area contributed by atoms with Gasteiger partial charge in [-0.1, -0.05) is 19.9 Å². The largest absolute Gasteiger partial charge is 0.416 e. The van der Waals surface area contributed by atoms with Crippen molar-refractivity contribution in [3.63, 3.8) is 0 Å². The lowest BCUT2D eigenvalue weighted by atomic mass is 10.1. The minimum Gasteiger partial charge on any atom is -0.331 e. The molecule has 0 aliphatic carbocycles. The zero-order chi connectivity index (χ0) is 20.9. The van der Waals surface area contributed by atoms with Crippen molar-refractivity contribution in [1.82, 2.24) is 10.3 Å². The van der Waals surface area contributed by atoms with Crippen LogP contribution in [0.4, 0.5) is 29.5 Å². The summed E-state index contributed by atoms with van der Waals surface area (Å²) in [5.74, 6) is -0.0464. The van der Waals surface area contributed by atoms with Gasteiger partial charge in [-0.3, -0.25) is 4.79 Å². The number of urea groups is 1. The minimum atomic E-state index is -4.49. The number of anilines is 2. The zero-order valence-corrected chi connectivity index (χ0v) is 15.6. The van der Waals surface area contributed by atoms with Crippen LogP contribution in [0, 0.1) is 5.92 Å². The average Bonchev–Trinajstić information content (AvgIpc) is 2.61. The van der Waals surface area contributed by atoms with Crippen LogP contribution in [-0.2, 0) is 11.0 Å². The van der Waals surface area contributed by atoms with Crippen molar-refractivity contribution >= 4 is 23.4 Å². The van der Waals surface area contributed by atoms with E-state index in [9.17, 15) is 22.8 Å². The van der Waals surface area contributed by atoms with E-state index in [1.807, 2.05) is 0 Å². The smallest absolute Gasteiger partial charge is 0.331 e. The predicted octanol–water partition coefficient (Wildman–Crippen LogP) is 4.58. The SMILES string of the molecule is CC(C)C(=O)Nc1cc(C(C)NC(=O)Nc2cccc(C(F)(F)F)c2)ccn1. The number of nitrogens with zero attached hydrogens (tertiary/aromatic N) is 1. The molecule has 1 atom stereocenters. The molecular formula is C19H21F3N4O2. The Labute approximate surface area is 160 Å². The molecule has 150 valence electrons. The molecule has 1 heterocycles. The Morgan fingerprint density at radius 3 is 2.39 bits per heavy atom. The number of rotatable bonds is 5. The monoisotopic (exact) mass is 394 g/mol. The normalized spacial score (nSPS) is 12.4. The van der Waals surface area contributed by atoms with Gasteiger partial charge in [0, 0.05) is 17.8 Å². The summed E-state index contributed by atoms with van der Waals surface area (Å²) in [6, 6.07) is 6.53. The van der Waals surface area contributed by atoms with Gasteiger partial charge in [-0.15, -0.1) is 0 Å². The summed E-state index contributed by atoms with van der Waals surface area (Å²) < 4.78 is 38.3. The molecule has 1 aromatic heterocycles. The highest BCUT2D eigenvalue weighted by molar-refractivity contribution is 5.91. The molecule has 0 saturated carbocycles. The van der Waals surface area contributed by atoms with Crippen LogP contribution in [-0.4, -0.2) is 16.9 Å². The molecule has 2 rings (SSSR count). The number of halogens is 3. The van der Waals surface area contributed by atoms with Crippen molar-refractivity contribution in [1.29, 1.82) is 0 Å². The molecule has 6 nitrogen and oxygen atoms in total. The molecule has 28 heavy (non-hydrogen) atoms. The number of aromatic nitrogens is 1. The maximum atomic E-state index is 12.8. The quantitative estimate of drug-likeness (QED) is 0.694. The highest BCUT2D eigenvalue weighted by Gasteiger charge is 2.30. The lowest BCUT2D eigenvalue weighted by Gasteiger charge is -2.16. The van der Waals surface area contributed by atoms with Gasteiger partial charge in [0.05, 0.1) is 11.6 Å². The van der Waals surface area contributed by atoms with E-state index in [0.717, 1.165) is 12.1 Å². The molecule has 3 N–H and O–H groups in total. The molecule has 0 aliphatic heterocycles. The number of alkyl halides is 3. The molecule has 0 radical (unpaired) electrons. The molecule has 0 bridgehead atoms. The second kappa shape index (κ2) is 8.73. The van der Waals surface area contributed by atoms with E-state index in [1.165, 1.54) is 18.3 Å². The zero-order valence-electron chi connectivity index (χ0n) is 15.6. The van der Waals surface area contributed by atoms with Crippen LogP contribution in [0.25, 0.3) is 0 Å². The Kier molecular flexibility index (Phi) is 6.61. The molecule has 1 aromatic carbocycles. The molecule has 3 amide bonds. The van der Waals surface area contributed by atoms with E-state index in [1.54, 1.807) is 32.9 Å². The summed E-state index contributed by atoms with van der Waals surface area (Å²) in [4.78, 5) is 27.9. The number of pyridine rings is 1. The van der Waals surface area contributed by atoms with Gasteiger partial charge in [0.25, 0.3) is 0 Å². The van der Waals surface area contributed by atoms with E-state index < -0.39 is 23.8 Å². The summed E-state index contributed by atoms with van der Waals surface area (Å²) in [6.45, 7) is 5.21. The first-order chi connectivity index (χ1) is 13.1. The third-order valence-corrected chi connectivity index (χ3v) is 3.86. The predicted molar refractivity (Wildman–Crippen MR) is 99.7 cm³/mol. The number of nitrogens with one attached hydrogen (secondary N) is 3. The van der Waals surface area contributed by atoms with Crippen molar-refractivity contribution in [2.24, 2.45) is 5.92 Å². The first kappa shape index (κ1) is 21.2. The van der Waals surface area contributed by atoms with Crippen LogP contribution >= 0.6 is 0 Å². The van der Waals surface area contributed by atoms with Crippen LogP contribution < -0.4 is 16.0 Å². The van der Waals surface area contributed by atoms with Gasteiger partial charge >= 0.3 is 12.2 Å². The van der Waals surface area contributed by atoms with Crippen LogP contribution in [0.3, 0.4) is 0 Å². The Balaban J connectivity index is 2.02. The minimum absolute atomic E-state index is 0.0270. The van der Waals surface area contributed by atoms with Gasteiger partial charge in [0.1, 0.15) is 5.82 Å². The fourth-order valence-corrected chi connectivity index (χ4v) is 2.28. The number of amides is 3. The number of hydrogen-bond donors (Lipinski definition) is 3. The van der Waals surface area contributed by atoms with Crippen molar-refractivity contribution < 1.29 is 22.8 Å². The van der Waals surface area contributed by atoms with Gasteiger partial charge < -0.3 is 16.0 Å². The number of carbonyl (C=O) groups excluding carboxylic acids is 2. The summed E-state index contributed by atoms with van der Waals surface area (Å²) in [7, 11) is 0. The number of benzene rings is 1. The van der Waals surface area contributed by atoms with Crippen molar-refractivity contribution in [3.05, 3.63) is 53.7 Å². The summed E-state index contributed by atoms with van der Waals surface area (Å²) in [5.41, 5.74) is -0.148. The molecule has 1 unspecified atom stereocenters. The fourth-order valence-electron chi connectivity index (χ4n) is 2.28. The third-order valence-electron chi connectivity index (χ3n) is 3.86. The second-order valence-corrected chi connectivity index (χ2v) is 6.52. The molecule has 0 saturated heterocycles. The molecular weight excluding hydrogens is 373 g/mol. The topological polar surface area (TPSA) is 83.1 Å². The van der Waals surface area contributed by atoms with E-state index >= 15 is 0 Å². The van der Waals surface area contributed by atoms with Crippen LogP contribution in [0.1, 0.15) is 37.9 Å². The second-order valence-electron chi connectivity index (χ2n) is 6.52. The molecule has 0 fully saturated rings. The van der Waals surface area contributed by atoms with E-state index in [0.29, 0.717) is 11.4 Å². The standard InChI is InChI=1S/C19H21F3N4O2/c1-11(2)17(27)26-16-9-13(7-8-23-16)12(3)24-18(28)25-15-6-4-5-14(10-15)19(20,21)22/h4-12H,1-3H3,(H,23,26,27)(H2,24,25,28). The van der Waals surface area contributed by atoms with Crippen molar-refractivity contribution in [2.45, 2.75) is 33.0 Å². The summed E-state index contributed by atoms with van der Waals surface area (Å²) >= 11 is 0. The lowest BCUT2D eigenvalue weighted by Crippen LogP contribution is -2.31.